The number of halogens is 3. The van der Waals surface area contributed by atoms with Crippen molar-refractivity contribution in [2.45, 2.75) is 38.5 Å². The van der Waals surface area contributed by atoms with E-state index in [9.17, 15) is 13.9 Å². The van der Waals surface area contributed by atoms with E-state index in [4.69, 9.17) is 0 Å². The van der Waals surface area contributed by atoms with Gasteiger partial charge in [-0.3, -0.25) is 0 Å². The van der Waals surface area contributed by atoms with E-state index in [1.165, 1.54) is 19.1 Å². The van der Waals surface area contributed by atoms with Crippen LogP contribution in [-0.2, 0) is 5.60 Å². The van der Waals surface area contributed by atoms with Crippen LogP contribution in [0.25, 0.3) is 0 Å². The van der Waals surface area contributed by atoms with Crippen LogP contribution < -0.4 is 5.19 Å². The first-order chi connectivity index (χ1) is 8.80. The summed E-state index contributed by atoms with van der Waals surface area (Å²) in [6.45, 7) is 8.81. The predicted octanol–water partition coefficient (Wildman–Crippen LogP) is 3.86. The van der Waals surface area contributed by atoms with Crippen molar-refractivity contribution in [3.63, 3.8) is 0 Å². The van der Waals surface area contributed by atoms with Crippen LogP contribution in [0, 0.1) is 11.6 Å². The molecule has 0 saturated carbocycles. The van der Waals surface area contributed by atoms with Crippen molar-refractivity contribution in [3.8, 4) is 0 Å². The molecule has 19 heavy (non-hydrogen) atoms. The summed E-state index contributed by atoms with van der Waals surface area (Å²) in [5.41, 5.74) is -1.45. The minimum absolute atomic E-state index is 0.0650. The van der Waals surface area contributed by atoms with Crippen LogP contribution >= 0.6 is 15.9 Å². The molecule has 0 amide bonds. The highest BCUT2D eigenvalue weighted by atomic mass is 79.9. The standard InChI is InChI=1S/C14H18BrF2OSi/c1-5-14(4,18)9-8-10(15)12(17)13(11(9)16)19(6-2)7-3/h5,8,18H,1,6-7H2,2-4H3. The van der Waals surface area contributed by atoms with Gasteiger partial charge in [0, 0.05) is 10.8 Å². The van der Waals surface area contributed by atoms with Gasteiger partial charge in [0.05, 0.1) is 13.3 Å². The van der Waals surface area contributed by atoms with E-state index >= 15 is 0 Å². The van der Waals surface area contributed by atoms with Crippen molar-refractivity contribution in [2.75, 3.05) is 0 Å². The topological polar surface area (TPSA) is 20.2 Å². The first-order valence-corrected chi connectivity index (χ1v) is 8.89. The van der Waals surface area contributed by atoms with E-state index < -0.39 is 26.0 Å². The maximum absolute atomic E-state index is 14.6. The van der Waals surface area contributed by atoms with Crippen molar-refractivity contribution < 1.29 is 13.9 Å². The summed E-state index contributed by atoms with van der Waals surface area (Å²) in [5, 5.41) is 10.3. The molecule has 1 nitrogen and oxygen atoms in total. The second kappa shape index (κ2) is 6.28. The summed E-state index contributed by atoms with van der Waals surface area (Å²) in [6, 6.07) is 2.77. The number of aliphatic hydroxyl groups is 1. The predicted molar refractivity (Wildman–Crippen MR) is 80.2 cm³/mol. The average Bonchev–Trinajstić information content (AvgIpc) is 2.38. The van der Waals surface area contributed by atoms with Crippen molar-refractivity contribution in [2.24, 2.45) is 0 Å². The third kappa shape index (κ3) is 3.15. The highest BCUT2D eigenvalue weighted by Crippen LogP contribution is 2.29. The first-order valence-electron chi connectivity index (χ1n) is 6.19. The van der Waals surface area contributed by atoms with E-state index in [0.717, 1.165) is 12.1 Å². The highest BCUT2D eigenvalue weighted by molar-refractivity contribution is 9.10. The van der Waals surface area contributed by atoms with Crippen molar-refractivity contribution in [1.82, 2.24) is 0 Å². The van der Waals surface area contributed by atoms with E-state index in [-0.39, 0.29) is 15.2 Å². The van der Waals surface area contributed by atoms with Gasteiger partial charge < -0.3 is 5.11 Å². The third-order valence-corrected chi connectivity index (χ3v) is 6.74. The Hall–Kier alpha value is -0.523. The molecular weight excluding hydrogens is 330 g/mol. The molecule has 0 spiro atoms. The summed E-state index contributed by atoms with van der Waals surface area (Å²) in [6.07, 6.45) is 1.25. The molecule has 0 aliphatic heterocycles. The van der Waals surface area contributed by atoms with Gasteiger partial charge in [0.1, 0.15) is 17.2 Å². The lowest BCUT2D eigenvalue weighted by Crippen LogP contribution is -2.37. The SMILES string of the molecule is C=CC(C)(O)c1cc(Br)c(F)c([Si](CC)CC)c1F. The van der Waals surface area contributed by atoms with Gasteiger partial charge in [0.2, 0.25) is 0 Å². The van der Waals surface area contributed by atoms with Gasteiger partial charge in [0.15, 0.2) is 0 Å². The van der Waals surface area contributed by atoms with Crippen molar-refractivity contribution >= 4 is 29.9 Å². The molecule has 0 heterocycles. The van der Waals surface area contributed by atoms with Gasteiger partial charge in [-0.15, -0.1) is 0 Å². The maximum Gasteiger partial charge on any atom is 0.139 e. The molecule has 0 aromatic heterocycles. The van der Waals surface area contributed by atoms with Gasteiger partial charge in [-0.1, -0.05) is 38.6 Å². The first kappa shape index (κ1) is 16.5. The second-order valence-electron chi connectivity index (χ2n) is 4.57. The van der Waals surface area contributed by atoms with E-state index in [1.54, 1.807) is 0 Å². The number of rotatable bonds is 5. The normalized spacial score (nSPS) is 14.5. The summed E-state index contributed by atoms with van der Waals surface area (Å²) in [5.74, 6) is -1.18. The smallest absolute Gasteiger partial charge is 0.139 e. The Balaban J connectivity index is 3.60. The Bertz CT molecular complexity index is 485. The lowest BCUT2D eigenvalue weighted by Gasteiger charge is -2.24. The van der Waals surface area contributed by atoms with Crippen LogP contribution in [0.4, 0.5) is 8.78 Å². The molecule has 1 aromatic carbocycles. The Morgan fingerprint density at radius 2 is 1.89 bits per heavy atom. The third-order valence-electron chi connectivity index (χ3n) is 3.31. The quantitative estimate of drug-likeness (QED) is 0.487. The molecule has 0 fully saturated rings. The summed E-state index contributed by atoms with van der Waals surface area (Å²) < 4.78 is 29.0. The lowest BCUT2D eigenvalue weighted by molar-refractivity contribution is 0.107. The molecule has 0 aliphatic carbocycles. The van der Waals surface area contributed by atoms with Crippen LogP contribution in [0.5, 0.6) is 0 Å². The van der Waals surface area contributed by atoms with Gasteiger partial charge >= 0.3 is 0 Å². The van der Waals surface area contributed by atoms with Crippen LogP contribution in [0.15, 0.2) is 23.2 Å². The van der Waals surface area contributed by atoms with Crippen molar-refractivity contribution in [3.05, 3.63) is 40.4 Å². The van der Waals surface area contributed by atoms with Gasteiger partial charge in [-0.2, -0.15) is 0 Å². The zero-order valence-corrected chi connectivity index (χ0v) is 13.9. The molecule has 1 atom stereocenters. The van der Waals surface area contributed by atoms with Crippen LogP contribution in [0.3, 0.4) is 0 Å². The molecule has 0 bridgehead atoms. The van der Waals surface area contributed by atoms with Crippen molar-refractivity contribution in [1.29, 1.82) is 0 Å². The highest BCUT2D eigenvalue weighted by Gasteiger charge is 2.30. The fourth-order valence-corrected chi connectivity index (χ4v) is 4.70. The Morgan fingerprint density at radius 3 is 2.32 bits per heavy atom. The zero-order valence-electron chi connectivity index (χ0n) is 11.4. The molecular formula is C14H18BrF2OSi. The number of benzene rings is 1. The fourth-order valence-electron chi connectivity index (χ4n) is 2.00. The largest absolute Gasteiger partial charge is 0.381 e. The molecule has 1 aromatic rings. The maximum atomic E-state index is 14.6. The number of hydrogen-bond acceptors (Lipinski definition) is 1. The minimum atomic E-state index is -1.51. The Morgan fingerprint density at radius 1 is 1.37 bits per heavy atom. The van der Waals surface area contributed by atoms with Gasteiger partial charge in [0.25, 0.3) is 0 Å². The molecule has 0 saturated heterocycles. The molecule has 1 rings (SSSR count). The molecule has 1 unspecified atom stereocenters. The molecule has 1 N–H and O–H groups in total. The second-order valence-corrected chi connectivity index (χ2v) is 8.55. The van der Waals surface area contributed by atoms with Crippen LogP contribution in [0.2, 0.25) is 12.1 Å². The summed E-state index contributed by atoms with van der Waals surface area (Å²) >= 11 is 3.11. The van der Waals surface area contributed by atoms with Gasteiger partial charge in [-0.05, 0) is 28.9 Å². The van der Waals surface area contributed by atoms with Gasteiger partial charge in [-0.25, -0.2) is 8.78 Å². The van der Waals surface area contributed by atoms with E-state index in [1.807, 2.05) is 13.8 Å². The fraction of sp³-hybridized carbons (Fsp3) is 0.429. The zero-order chi connectivity index (χ0) is 14.8. The molecule has 1 radical (unpaired) electrons. The molecule has 0 aliphatic rings. The van der Waals surface area contributed by atoms with E-state index in [2.05, 4.69) is 22.5 Å². The number of hydrogen-bond donors (Lipinski definition) is 1. The monoisotopic (exact) mass is 347 g/mol. The lowest BCUT2D eigenvalue weighted by atomic mass is 9.95. The molecule has 5 heteroatoms. The Labute approximate surface area is 123 Å². The summed E-state index contributed by atoms with van der Waals surface area (Å²) in [4.78, 5) is 0. The van der Waals surface area contributed by atoms with Crippen LogP contribution in [0.1, 0.15) is 26.3 Å². The van der Waals surface area contributed by atoms with E-state index in [0.29, 0.717) is 0 Å². The average molecular weight is 348 g/mol. The molecule has 105 valence electrons. The van der Waals surface area contributed by atoms with Crippen LogP contribution in [-0.4, -0.2) is 13.9 Å². The minimum Gasteiger partial charge on any atom is -0.381 e. The summed E-state index contributed by atoms with van der Waals surface area (Å²) in [7, 11) is -1.30. The Kier molecular flexibility index (Phi) is 5.47.